The van der Waals surface area contributed by atoms with Crippen LogP contribution in [-0.4, -0.2) is 0 Å². The topological polar surface area (TPSA) is 27.7 Å². The van der Waals surface area contributed by atoms with Crippen molar-refractivity contribution in [2.24, 2.45) is 0 Å². The number of pyridine rings is 1. The van der Waals surface area contributed by atoms with Crippen LogP contribution in [0.15, 0.2) is 30.6 Å². The first-order valence-electron chi connectivity index (χ1n) is 3.60. The number of rotatable bonds is 2. The zero-order valence-electron chi connectivity index (χ0n) is 6.70. The van der Waals surface area contributed by atoms with E-state index in [1.807, 2.05) is 6.07 Å². The van der Waals surface area contributed by atoms with Crippen molar-refractivity contribution in [1.82, 2.24) is 0 Å². The van der Waals surface area contributed by atoms with E-state index in [9.17, 15) is 0 Å². The third-order valence-electron chi connectivity index (χ3n) is 1.26. The Morgan fingerprint density at radius 2 is 1.73 bits per heavy atom. The molecule has 1 heterocycles. The van der Waals surface area contributed by atoms with Crippen molar-refractivity contribution in [1.29, 1.82) is 5.26 Å². The molecule has 0 aromatic carbocycles. The number of hydrogen-bond donors (Lipinski definition) is 0. The van der Waals surface area contributed by atoms with Gasteiger partial charge in [-0.15, -0.1) is 0 Å². The van der Waals surface area contributed by atoms with Crippen molar-refractivity contribution in [3.8, 4) is 0 Å². The van der Waals surface area contributed by atoms with Gasteiger partial charge in [0.15, 0.2) is 12.4 Å². The fourth-order valence-electron chi connectivity index (χ4n) is 0.842. The Kier molecular flexibility index (Phi) is 5.92. The Bertz CT molecular complexity index is 191. The molecule has 0 saturated carbocycles. The fourth-order valence-corrected chi connectivity index (χ4v) is 0.842. The van der Waals surface area contributed by atoms with Gasteiger partial charge < -0.3 is 11.8 Å². The standard InChI is InChI=1S/C8H12N.CN/c1-2-6-9-7-4-3-5-8-9;1-2/h3-5,7-8H,2,6H2,1H3;/q+1;-1. The highest BCUT2D eigenvalue weighted by atomic mass is 14.9. The highest BCUT2D eigenvalue weighted by Gasteiger charge is 1.90. The van der Waals surface area contributed by atoms with Gasteiger partial charge >= 0.3 is 0 Å². The first kappa shape index (κ1) is 9.64. The van der Waals surface area contributed by atoms with Crippen LogP contribution < -0.4 is 4.57 Å². The summed E-state index contributed by atoms with van der Waals surface area (Å²) in [6, 6.07) is 6.14. The Labute approximate surface area is 67.7 Å². The largest absolute Gasteiger partial charge is 0.512 e. The minimum Gasteiger partial charge on any atom is -0.512 e. The quantitative estimate of drug-likeness (QED) is 0.461. The van der Waals surface area contributed by atoms with Crippen molar-refractivity contribution in [3.63, 3.8) is 0 Å². The summed E-state index contributed by atoms with van der Waals surface area (Å²) in [5.74, 6) is 0. The predicted octanol–water partition coefficient (Wildman–Crippen LogP) is 1.48. The van der Waals surface area contributed by atoms with Crippen LogP contribution in [0.25, 0.3) is 0 Å². The molecule has 0 saturated heterocycles. The molecule has 0 atom stereocenters. The van der Waals surface area contributed by atoms with Gasteiger partial charge in [-0.3, -0.25) is 0 Å². The molecule has 0 aliphatic rings. The SMILES string of the molecule is CCC[n+]1ccccc1.[C-]#N. The zero-order chi connectivity index (χ0) is 8.53. The third-order valence-corrected chi connectivity index (χ3v) is 1.26. The maximum atomic E-state index is 6.25. The smallest absolute Gasteiger partial charge is 0.168 e. The first-order chi connectivity index (χ1) is 5.43. The molecule has 11 heavy (non-hydrogen) atoms. The average Bonchev–Trinajstić information content (AvgIpc) is 2.11. The van der Waals surface area contributed by atoms with Crippen LogP contribution in [0.2, 0.25) is 0 Å². The molecule has 58 valence electrons. The minimum atomic E-state index is 1.13. The van der Waals surface area contributed by atoms with E-state index in [4.69, 9.17) is 11.8 Å². The fraction of sp³-hybridized carbons (Fsp3) is 0.333. The predicted molar refractivity (Wildman–Crippen MR) is 41.9 cm³/mol. The molecule has 2 heteroatoms. The van der Waals surface area contributed by atoms with Crippen LogP contribution in [0, 0.1) is 11.8 Å². The molecule has 0 bridgehead atoms. The Balaban J connectivity index is 0.000000461. The Morgan fingerprint density at radius 1 is 1.18 bits per heavy atom. The summed E-state index contributed by atoms with van der Waals surface area (Å²) in [7, 11) is 0. The second-order valence-electron chi connectivity index (χ2n) is 2.11. The van der Waals surface area contributed by atoms with E-state index in [2.05, 4.69) is 36.0 Å². The summed E-state index contributed by atoms with van der Waals surface area (Å²) >= 11 is 0. The van der Waals surface area contributed by atoms with Crippen LogP contribution in [0.3, 0.4) is 0 Å². The van der Waals surface area contributed by atoms with Crippen LogP contribution in [-0.2, 0) is 6.54 Å². The summed E-state index contributed by atoms with van der Waals surface area (Å²) in [5, 5.41) is 6.25. The van der Waals surface area contributed by atoms with Crippen molar-refractivity contribution in [2.75, 3.05) is 0 Å². The average molecular weight is 148 g/mol. The highest BCUT2D eigenvalue weighted by molar-refractivity contribution is 4.83. The third kappa shape index (κ3) is 4.10. The van der Waals surface area contributed by atoms with Crippen molar-refractivity contribution < 1.29 is 4.57 Å². The molecular formula is C9H12N2. The van der Waals surface area contributed by atoms with Gasteiger partial charge in [0.1, 0.15) is 6.54 Å². The maximum absolute atomic E-state index is 6.25. The lowest BCUT2D eigenvalue weighted by Crippen LogP contribution is -2.31. The van der Waals surface area contributed by atoms with Gasteiger partial charge in [-0.05, 0) is 0 Å². The van der Waals surface area contributed by atoms with Gasteiger partial charge in [0.25, 0.3) is 0 Å². The zero-order valence-corrected chi connectivity index (χ0v) is 6.70. The van der Waals surface area contributed by atoms with Gasteiger partial charge in [0.2, 0.25) is 0 Å². The van der Waals surface area contributed by atoms with Gasteiger partial charge in [-0.25, -0.2) is 4.57 Å². The molecule has 0 fully saturated rings. The molecule has 1 rings (SSSR count). The van der Waals surface area contributed by atoms with E-state index in [0.29, 0.717) is 0 Å². The van der Waals surface area contributed by atoms with E-state index in [1.54, 1.807) is 0 Å². The van der Waals surface area contributed by atoms with E-state index in [1.165, 1.54) is 6.42 Å². The number of aryl methyl sites for hydroxylation is 1. The van der Waals surface area contributed by atoms with E-state index < -0.39 is 0 Å². The summed E-state index contributed by atoms with van der Waals surface area (Å²) in [6.45, 7) is 8.06. The van der Waals surface area contributed by atoms with E-state index in [0.717, 1.165) is 6.54 Å². The Hall–Kier alpha value is -1.36. The molecule has 1 aromatic rings. The molecule has 0 spiro atoms. The molecule has 0 aliphatic carbocycles. The molecule has 0 unspecified atom stereocenters. The van der Waals surface area contributed by atoms with Crippen molar-refractivity contribution >= 4 is 0 Å². The van der Waals surface area contributed by atoms with Crippen LogP contribution in [0.5, 0.6) is 0 Å². The number of nitrogens with zero attached hydrogens (tertiary/aromatic N) is 2. The molecule has 0 radical (unpaired) electrons. The number of aromatic nitrogens is 1. The molecule has 1 aromatic heterocycles. The first-order valence-corrected chi connectivity index (χ1v) is 3.60. The van der Waals surface area contributed by atoms with E-state index in [-0.39, 0.29) is 0 Å². The molecule has 0 aliphatic heterocycles. The Morgan fingerprint density at radius 3 is 2.18 bits per heavy atom. The summed E-state index contributed by atoms with van der Waals surface area (Å²) in [6.07, 6.45) is 5.38. The molecule has 0 amide bonds. The summed E-state index contributed by atoms with van der Waals surface area (Å²) in [4.78, 5) is 0. The molecular weight excluding hydrogens is 136 g/mol. The number of hydrogen-bond acceptors (Lipinski definition) is 1. The van der Waals surface area contributed by atoms with Crippen LogP contribution in [0.1, 0.15) is 13.3 Å². The van der Waals surface area contributed by atoms with Gasteiger partial charge in [0, 0.05) is 18.6 Å². The van der Waals surface area contributed by atoms with Crippen molar-refractivity contribution in [3.05, 3.63) is 37.2 Å². The monoisotopic (exact) mass is 148 g/mol. The second-order valence-corrected chi connectivity index (χ2v) is 2.11. The summed E-state index contributed by atoms with van der Waals surface area (Å²) in [5.41, 5.74) is 0. The van der Waals surface area contributed by atoms with Crippen LogP contribution in [0.4, 0.5) is 0 Å². The lowest BCUT2D eigenvalue weighted by Gasteiger charge is -1.88. The summed E-state index contributed by atoms with van der Waals surface area (Å²) < 4.78 is 2.18. The normalized spacial score (nSPS) is 7.91. The van der Waals surface area contributed by atoms with E-state index >= 15 is 0 Å². The van der Waals surface area contributed by atoms with Gasteiger partial charge in [0.05, 0.1) is 0 Å². The lowest BCUT2D eigenvalue weighted by atomic mass is 10.4. The minimum absolute atomic E-state index is 1.13. The highest BCUT2D eigenvalue weighted by Crippen LogP contribution is 1.78. The molecule has 2 nitrogen and oxygen atoms in total. The lowest BCUT2D eigenvalue weighted by molar-refractivity contribution is -0.697. The van der Waals surface area contributed by atoms with Gasteiger partial charge in [-0.2, -0.15) is 0 Å². The molecule has 0 N–H and O–H groups in total. The van der Waals surface area contributed by atoms with Crippen LogP contribution >= 0.6 is 0 Å². The van der Waals surface area contributed by atoms with Crippen molar-refractivity contribution in [2.45, 2.75) is 19.9 Å². The maximum Gasteiger partial charge on any atom is 0.168 e. The second kappa shape index (κ2) is 6.76. The van der Waals surface area contributed by atoms with Gasteiger partial charge in [-0.1, -0.05) is 13.0 Å².